The van der Waals surface area contributed by atoms with E-state index >= 15 is 0 Å². The molecule has 4 rings (SSSR count). The second kappa shape index (κ2) is 7.75. The number of hydrogen-bond acceptors (Lipinski definition) is 1. The standard InChI is InChI=1S/C30H50O/c1-20(2)11-9-12-21(3)26-24(31)19-30(8)23-13-14-25-27(4,5)16-10-17-28(25,6)22(23)15-18-29(26,30)7/h11,13,21-22,24-26,31H,9-10,12,14-19H2,1-8H3/t21-,22-,24-,25-,26+,28+,29-,30+/m0/s1. The maximum Gasteiger partial charge on any atom is 0.0585 e. The van der Waals surface area contributed by atoms with E-state index in [1.807, 2.05) is 0 Å². The number of hydrogen-bond donors (Lipinski definition) is 1. The molecule has 3 fully saturated rings. The van der Waals surface area contributed by atoms with Gasteiger partial charge in [-0.2, -0.15) is 0 Å². The van der Waals surface area contributed by atoms with Crippen molar-refractivity contribution in [1.82, 2.24) is 0 Å². The third-order valence-corrected chi connectivity index (χ3v) is 11.4. The lowest BCUT2D eigenvalue weighted by Crippen LogP contribution is -2.55. The van der Waals surface area contributed by atoms with Gasteiger partial charge in [0.1, 0.15) is 0 Å². The molecule has 8 atom stereocenters. The summed E-state index contributed by atoms with van der Waals surface area (Å²) in [5.41, 5.74) is 4.49. The van der Waals surface area contributed by atoms with Crippen LogP contribution in [-0.2, 0) is 0 Å². The summed E-state index contributed by atoms with van der Waals surface area (Å²) in [6, 6.07) is 0. The second-order valence-electron chi connectivity index (χ2n) is 13.8. The molecule has 0 radical (unpaired) electrons. The molecule has 1 heteroatoms. The molecule has 0 aromatic rings. The summed E-state index contributed by atoms with van der Waals surface area (Å²) in [6.45, 7) is 19.6. The Labute approximate surface area is 193 Å². The van der Waals surface area contributed by atoms with E-state index < -0.39 is 0 Å². The molecule has 0 aliphatic heterocycles. The Morgan fingerprint density at radius 1 is 1.13 bits per heavy atom. The lowest BCUT2D eigenvalue weighted by atomic mass is 9.41. The topological polar surface area (TPSA) is 20.2 Å². The molecule has 0 aromatic heterocycles. The predicted octanol–water partition coefficient (Wildman–Crippen LogP) is 8.34. The molecule has 4 aliphatic rings. The molecular formula is C30H50O. The first kappa shape index (κ1) is 23.6. The van der Waals surface area contributed by atoms with E-state index in [1.165, 1.54) is 50.5 Å². The van der Waals surface area contributed by atoms with Crippen molar-refractivity contribution in [3.05, 3.63) is 23.3 Å². The monoisotopic (exact) mass is 426 g/mol. The SMILES string of the molecule is CC(C)=CCC[C@H](C)[C@@H]1[C@@H](O)C[C@]2(C)C3=CC[C@H]4C(C)(C)CCC[C@]4(C)[C@H]3CC[C@@]12C. The zero-order chi connectivity index (χ0) is 22.8. The van der Waals surface area contributed by atoms with Gasteiger partial charge >= 0.3 is 0 Å². The first-order valence-electron chi connectivity index (χ1n) is 13.4. The average molecular weight is 427 g/mol. The Morgan fingerprint density at radius 3 is 2.52 bits per heavy atom. The molecule has 3 saturated carbocycles. The zero-order valence-corrected chi connectivity index (χ0v) is 21.9. The fourth-order valence-electron chi connectivity index (χ4n) is 9.74. The van der Waals surface area contributed by atoms with E-state index in [2.05, 4.69) is 67.5 Å². The highest BCUT2D eigenvalue weighted by atomic mass is 16.3. The van der Waals surface area contributed by atoms with Crippen LogP contribution in [0.1, 0.15) is 113 Å². The van der Waals surface area contributed by atoms with Gasteiger partial charge < -0.3 is 5.11 Å². The molecule has 0 bridgehead atoms. The normalized spacial score (nSPS) is 46.9. The third-order valence-electron chi connectivity index (χ3n) is 11.4. The predicted molar refractivity (Wildman–Crippen MR) is 133 cm³/mol. The smallest absolute Gasteiger partial charge is 0.0585 e. The number of aliphatic hydroxyl groups excluding tert-OH is 1. The van der Waals surface area contributed by atoms with Gasteiger partial charge in [0, 0.05) is 0 Å². The summed E-state index contributed by atoms with van der Waals surface area (Å²) >= 11 is 0. The number of fused-ring (bicyclic) bond motifs is 5. The fourth-order valence-corrected chi connectivity index (χ4v) is 9.74. The zero-order valence-electron chi connectivity index (χ0n) is 21.9. The average Bonchev–Trinajstić information content (AvgIpc) is 2.86. The molecule has 4 aliphatic carbocycles. The van der Waals surface area contributed by atoms with Crippen molar-refractivity contribution in [2.24, 2.45) is 45.3 Å². The van der Waals surface area contributed by atoms with Crippen LogP contribution in [0.2, 0.25) is 0 Å². The van der Waals surface area contributed by atoms with Crippen LogP contribution in [0.25, 0.3) is 0 Å². The van der Waals surface area contributed by atoms with Gasteiger partial charge in [0.15, 0.2) is 0 Å². The van der Waals surface area contributed by atoms with E-state index in [9.17, 15) is 5.11 Å². The van der Waals surface area contributed by atoms with Crippen molar-refractivity contribution in [2.45, 2.75) is 119 Å². The van der Waals surface area contributed by atoms with Gasteiger partial charge in [0.25, 0.3) is 0 Å². The van der Waals surface area contributed by atoms with Crippen LogP contribution in [0, 0.1) is 45.3 Å². The highest BCUT2D eigenvalue weighted by molar-refractivity contribution is 5.34. The minimum atomic E-state index is -0.148. The van der Waals surface area contributed by atoms with E-state index in [-0.39, 0.29) is 16.9 Å². The Hall–Kier alpha value is -0.560. The maximum atomic E-state index is 11.5. The lowest BCUT2D eigenvalue weighted by molar-refractivity contribution is -0.0816. The van der Waals surface area contributed by atoms with Crippen molar-refractivity contribution >= 4 is 0 Å². The lowest BCUT2D eigenvalue weighted by Gasteiger charge is -2.63. The van der Waals surface area contributed by atoms with Crippen LogP contribution in [0.15, 0.2) is 23.3 Å². The Balaban J connectivity index is 1.66. The van der Waals surface area contributed by atoms with Crippen LogP contribution < -0.4 is 0 Å². The van der Waals surface area contributed by atoms with Gasteiger partial charge in [-0.25, -0.2) is 0 Å². The van der Waals surface area contributed by atoms with Gasteiger partial charge in [-0.3, -0.25) is 0 Å². The Kier molecular flexibility index (Phi) is 5.90. The number of allylic oxidation sites excluding steroid dienone is 4. The van der Waals surface area contributed by atoms with E-state index in [4.69, 9.17) is 0 Å². The van der Waals surface area contributed by atoms with Gasteiger partial charge in [-0.15, -0.1) is 0 Å². The van der Waals surface area contributed by atoms with Crippen LogP contribution in [-0.4, -0.2) is 11.2 Å². The molecule has 0 saturated heterocycles. The highest BCUT2D eigenvalue weighted by Crippen LogP contribution is 2.73. The maximum absolute atomic E-state index is 11.5. The van der Waals surface area contributed by atoms with Gasteiger partial charge in [-0.1, -0.05) is 71.3 Å². The van der Waals surface area contributed by atoms with E-state index in [0.717, 1.165) is 24.7 Å². The molecule has 1 nitrogen and oxygen atoms in total. The summed E-state index contributed by atoms with van der Waals surface area (Å²) < 4.78 is 0. The van der Waals surface area contributed by atoms with Gasteiger partial charge in [-0.05, 0) is 111 Å². The van der Waals surface area contributed by atoms with Crippen LogP contribution in [0.3, 0.4) is 0 Å². The van der Waals surface area contributed by atoms with Crippen LogP contribution in [0.5, 0.6) is 0 Å². The Bertz CT molecular complexity index is 754. The van der Waals surface area contributed by atoms with E-state index in [1.54, 1.807) is 5.57 Å². The van der Waals surface area contributed by atoms with Gasteiger partial charge in [0.2, 0.25) is 0 Å². The third kappa shape index (κ3) is 3.43. The number of aliphatic hydroxyl groups is 1. The van der Waals surface area contributed by atoms with Crippen LogP contribution >= 0.6 is 0 Å². The largest absolute Gasteiger partial charge is 0.393 e. The molecule has 31 heavy (non-hydrogen) atoms. The fraction of sp³-hybridized carbons (Fsp3) is 0.867. The Morgan fingerprint density at radius 2 is 1.84 bits per heavy atom. The van der Waals surface area contributed by atoms with Crippen molar-refractivity contribution in [1.29, 1.82) is 0 Å². The first-order valence-corrected chi connectivity index (χ1v) is 13.4. The van der Waals surface area contributed by atoms with Gasteiger partial charge in [0.05, 0.1) is 6.10 Å². The molecule has 0 unspecified atom stereocenters. The summed E-state index contributed by atoms with van der Waals surface area (Å²) in [7, 11) is 0. The first-order chi connectivity index (χ1) is 14.4. The van der Waals surface area contributed by atoms with Crippen LogP contribution in [0.4, 0.5) is 0 Å². The molecule has 176 valence electrons. The minimum Gasteiger partial charge on any atom is -0.393 e. The molecule has 0 heterocycles. The quantitative estimate of drug-likeness (QED) is 0.448. The molecule has 0 spiro atoms. The summed E-state index contributed by atoms with van der Waals surface area (Å²) in [4.78, 5) is 0. The minimum absolute atomic E-state index is 0.148. The van der Waals surface area contributed by atoms with E-state index in [0.29, 0.717) is 22.7 Å². The highest BCUT2D eigenvalue weighted by Gasteiger charge is 2.66. The second-order valence-corrected chi connectivity index (χ2v) is 13.8. The van der Waals surface area contributed by atoms with Crippen molar-refractivity contribution in [3.63, 3.8) is 0 Å². The summed E-state index contributed by atoms with van der Waals surface area (Å²) in [6.07, 6.45) is 16.3. The van der Waals surface area contributed by atoms with Crippen molar-refractivity contribution < 1.29 is 5.11 Å². The molecule has 1 N–H and O–H groups in total. The molecule has 0 amide bonds. The number of rotatable bonds is 4. The van der Waals surface area contributed by atoms with Crippen molar-refractivity contribution in [3.8, 4) is 0 Å². The summed E-state index contributed by atoms with van der Waals surface area (Å²) in [5.74, 6) is 2.56. The molecular weight excluding hydrogens is 376 g/mol. The summed E-state index contributed by atoms with van der Waals surface area (Å²) in [5, 5.41) is 11.5. The molecule has 0 aromatic carbocycles. The van der Waals surface area contributed by atoms with Crippen molar-refractivity contribution in [2.75, 3.05) is 0 Å².